The van der Waals surface area contributed by atoms with Gasteiger partial charge in [0, 0.05) is 73.6 Å². The molecular formula is C75H104N22O13S2. The number of phenols is 1. The van der Waals surface area contributed by atoms with Gasteiger partial charge >= 0.3 is 0 Å². The van der Waals surface area contributed by atoms with Crippen molar-refractivity contribution in [1.82, 2.24) is 84.1 Å². The van der Waals surface area contributed by atoms with Crippen molar-refractivity contribution in [3.05, 3.63) is 156 Å². The van der Waals surface area contributed by atoms with Crippen LogP contribution in [0.3, 0.4) is 0 Å². The van der Waals surface area contributed by atoms with Gasteiger partial charge in [0.2, 0.25) is 70.9 Å². The SMILES string of the molecule is CCCC[C@H](NC(=O)[C@@H](NC(=O)[C@@H](N)Cc1ccc(O)cc1)C(C)C)C(=O)N[C@@H](CS)C(=O)N[C@@H](Cc1c[nH]cn1)C(=O)N[C@@H](Cc1ccccc1)C(=O)N[C@@H](CCCNC(=N)N)C(=O)N[C@@H](Cc1c[nH]c2ccccc12)C(=O)N[C@H](CS)C(=O)N[C@@H](CCCNC(=N)N)C(=O)N[C@@H](Cc1ccccc1)C(=O)NCC(N)=O. The molecule has 0 aliphatic rings. The van der Waals surface area contributed by atoms with Crippen LogP contribution >= 0.6 is 25.3 Å². The number of phenolic OH excluding ortho intramolecular Hbond substituents is 1. The summed E-state index contributed by atoms with van der Waals surface area (Å²) in [5, 5.41) is 60.6. The summed E-state index contributed by atoms with van der Waals surface area (Å²) >= 11 is 8.83. The number of carbonyl (C=O) groups excluding carboxylic acids is 12. The molecule has 11 atom stereocenters. The number of guanidine groups is 2. The molecule has 2 aromatic heterocycles. The summed E-state index contributed by atoms with van der Waals surface area (Å²) in [4.78, 5) is 181. The molecule has 0 bridgehead atoms. The summed E-state index contributed by atoms with van der Waals surface area (Å²) in [6, 6.07) is 15.1. The second-order valence-electron chi connectivity index (χ2n) is 27.1. The van der Waals surface area contributed by atoms with Gasteiger partial charge in [-0.05, 0) is 84.9 Å². The number of aromatic amines is 2. The lowest BCUT2D eigenvalue weighted by atomic mass is 10.00. The number of nitrogens with two attached hydrogens (primary N) is 4. The molecule has 112 heavy (non-hydrogen) atoms. The first-order chi connectivity index (χ1) is 53.5. The number of carbonyl (C=O) groups is 12. The Morgan fingerprint density at radius 3 is 1.32 bits per heavy atom. The van der Waals surface area contributed by atoms with Crippen molar-refractivity contribution in [2.24, 2.45) is 28.9 Å². The van der Waals surface area contributed by atoms with Crippen LogP contribution < -0.4 is 92.1 Å². The quantitative estimate of drug-likeness (QED) is 0.00860. The molecule has 0 fully saturated rings. The van der Waals surface area contributed by atoms with Crippen LogP contribution in [-0.4, -0.2) is 200 Å². The maximum absolute atomic E-state index is 15.2. The summed E-state index contributed by atoms with van der Waals surface area (Å²) in [5.41, 5.74) is 26.0. The van der Waals surface area contributed by atoms with E-state index in [0.717, 1.165) is 0 Å². The number of rotatable bonds is 47. The van der Waals surface area contributed by atoms with Gasteiger partial charge in [-0.2, -0.15) is 25.3 Å². The maximum atomic E-state index is 15.2. The zero-order valence-electron chi connectivity index (χ0n) is 62.6. The van der Waals surface area contributed by atoms with Crippen molar-refractivity contribution < 1.29 is 62.6 Å². The third-order valence-electron chi connectivity index (χ3n) is 17.9. The van der Waals surface area contributed by atoms with Crippen molar-refractivity contribution in [2.45, 2.75) is 164 Å². The number of imidazole rings is 1. The van der Waals surface area contributed by atoms with Crippen molar-refractivity contribution in [1.29, 1.82) is 10.8 Å². The standard InChI is InChI=1S/C75H104N22O13S2/c1-4-5-21-52(90-73(110)62(42(2)3)97-63(100)50(76)31-45-25-27-48(98)28-26-45)67(104)95-60(40-112)72(109)94-58(35-47-37-82-41-87-47)70(107)92-56(33-44-18-10-7-11-19-44)68(105)88-53(23-14-29-83-74(78)79)66(103)93-57(34-46-36-85-51-22-13-12-20-49(46)51)69(106)96-59(39-111)71(108)89-54(24-15-30-84-75(80)81)65(102)91-55(64(101)86-38-61(77)99)32-43-16-8-6-9-17-43/h6-13,16-20,22,25-28,36-37,41-42,50,52-60,62,85,98,111-112H,4-5,14-15,21,23-24,29-35,38-40,76H2,1-3H3,(H2,77,99)(H,82,87)(H,86,101)(H,88,105)(H,89,108)(H,90,110)(H,91,102)(H,92,107)(H,93,103)(H,94,109)(H,95,104)(H,96,106)(H,97,100)(H4,78,79,83)(H4,80,81,84)/t50-,52-,53-,54-,55-,56-,57-,58-,59+,60-,62-/m0/s1. The molecule has 0 saturated carbocycles. The summed E-state index contributed by atoms with van der Waals surface area (Å²) < 4.78 is 0. The van der Waals surface area contributed by atoms with Crippen LogP contribution in [0.1, 0.15) is 93.7 Å². The molecule has 26 N–H and O–H groups in total. The molecule has 0 aliphatic carbocycles. The van der Waals surface area contributed by atoms with Crippen LogP contribution in [0, 0.1) is 16.7 Å². The highest BCUT2D eigenvalue weighted by Crippen LogP contribution is 2.21. The fourth-order valence-corrected chi connectivity index (χ4v) is 12.4. The van der Waals surface area contributed by atoms with Gasteiger partial charge in [-0.1, -0.05) is 125 Å². The van der Waals surface area contributed by atoms with Gasteiger partial charge < -0.3 is 107 Å². The fraction of sp³-hybridized carbons (Fsp3) is 0.427. The van der Waals surface area contributed by atoms with E-state index in [0.29, 0.717) is 46.0 Å². The Balaban J connectivity index is 1.25. The number of nitrogens with one attached hydrogen (secondary N) is 17. The van der Waals surface area contributed by atoms with E-state index in [4.69, 9.17) is 33.8 Å². The van der Waals surface area contributed by atoms with E-state index in [1.807, 2.05) is 6.92 Å². The molecule has 0 aliphatic heterocycles. The Kier molecular flexibility index (Phi) is 36.7. The van der Waals surface area contributed by atoms with E-state index in [1.54, 1.807) is 117 Å². The summed E-state index contributed by atoms with van der Waals surface area (Å²) in [6.45, 7) is 4.83. The predicted molar refractivity (Wildman–Crippen MR) is 426 cm³/mol. The number of aromatic nitrogens is 3. The molecule has 37 heteroatoms. The molecule has 12 amide bonds. The first-order valence-corrected chi connectivity index (χ1v) is 37.9. The minimum Gasteiger partial charge on any atom is -0.508 e. The van der Waals surface area contributed by atoms with Crippen LogP contribution in [0.15, 0.2) is 128 Å². The predicted octanol–water partition coefficient (Wildman–Crippen LogP) is -1.88. The van der Waals surface area contributed by atoms with Gasteiger partial charge in [-0.3, -0.25) is 68.4 Å². The zero-order valence-corrected chi connectivity index (χ0v) is 64.4. The smallest absolute Gasteiger partial charge is 0.244 e. The number of thiol groups is 2. The molecule has 6 rings (SSSR count). The number of aromatic hydroxyl groups is 1. The minimum absolute atomic E-state index is 0.0222. The molecule has 2 heterocycles. The molecule has 0 radical (unpaired) electrons. The molecule has 35 nitrogen and oxygen atoms in total. The minimum atomic E-state index is -1.55. The first kappa shape index (κ1) is 89.2. The highest BCUT2D eigenvalue weighted by molar-refractivity contribution is 7.80. The number of hydrogen-bond acceptors (Lipinski definition) is 19. The van der Waals surface area contributed by atoms with Crippen LogP contribution in [-0.2, 0) is 89.6 Å². The molecule has 4 aromatic carbocycles. The average molecular weight is 1590 g/mol. The maximum Gasteiger partial charge on any atom is 0.244 e. The third kappa shape index (κ3) is 29.9. The van der Waals surface area contributed by atoms with E-state index in [2.05, 4.69) is 109 Å². The highest BCUT2D eigenvalue weighted by Gasteiger charge is 2.37. The van der Waals surface area contributed by atoms with Crippen LogP contribution in [0.4, 0.5) is 0 Å². The first-order valence-electron chi connectivity index (χ1n) is 36.7. The second-order valence-corrected chi connectivity index (χ2v) is 27.9. The van der Waals surface area contributed by atoms with Gasteiger partial charge in [-0.25, -0.2) is 4.98 Å². The number of amides is 12. The third-order valence-corrected chi connectivity index (χ3v) is 18.7. The molecule has 0 unspecified atom stereocenters. The Hall–Kier alpha value is -11.7. The highest BCUT2D eigenvalue weighted by atomic mass is 32.1. The molecule has 0 saturated heterocycles. The van der Waals surface area contributed by atoms with E-state index >= 15 is 14.4 Å². The Labute approximate surface area is 659 Å². The Morgan fingerprint density at radius 2 is 0.866 bits per heavy atom. The normalized spacial score (nSPS) is 14.0. The summed E-state index contributed by atoms with van der Waals surface area (Å²) in [7, 11) is 0. The lowest BCUT2D eigenvalue weighted by Crippen LogP contribution is -2.62. The number of hydrogen-bond donors (Lipinski definition) is 24. The monoisotopic (exact) mass is 1580 g/mol. The summed E-state index contributed by atoms with van der Waals surface area (Å²) in [5.74, 6) is -12.0. The number of para-hydroxylation sites is 1. The van der Waals surface area contributed by atoms with Crippen LogP contribution in [0.2, 0.25) is 0 Å². The number of nitrogens with zero attached hydrogens (tertiary/aromatic N) is 1. The number of H-pyrrole nitrogens is 2. The molecule has 604 valence electrons. The second kappa shape index (κ2) is 46.1. The number of primary amides is 1. The molecule has 0 spiro atoms. The Bertz CT molecular complexity index is 4140. The molecule has 6 aromatic rings. The number of benzene rings is 4. The lowest BCUT2D eigenvalue weighted by Gasteiger charge is -2.28. The summed E-state index contributed by atoms with van der Waals surface area (Å²) in [6.07, 6.45) is 4.88. The Morgan fingerprint density at radius 1 is 0.455 bits per heavy atom. The van der Waals surface area contributed by atoms with Gasteiger partial charge in [0.25, 0.3) is 0 Å². The largest absolute Gasteiger partial charge is 0.508 e. The van der Waals surface area contributed by atoms with Gasteiger partial charge in [0.1, 0.15) is 66.2 Å². The van der Waals surface area contributed by atoms with Crippen LogP contribution in [0.5, 0.6) is 5.75 Å². The topological polar surface area (TPSA) is 578 Å². The van der Waals surface area contributed by atoms with Gasteiger partial charge in [0.05, 0.1) is 24.6 Å². The van der Waals surface area contributed by atoms with E-state index in [9.17, 15) is 48.3 Å². The van der Waals surface area contributed by atoms with Crippen molar-refractivity contribution >= 4 is 119 Å². The van der Waals surface area contributed by atoms with Gasteiger partial charge in [-0.15, -0.1) is 0 Å². The van der Waals surface area contributed by atoms with Crippen molar-refractivity contribution in [3.63, 3.8) is 0 Å². The fourth-order valence-electron chi connectivity index (χ4n) is 11.8. The van der Waals surface area contributed by atoms with Crippen molar-refractivity contribution in [3.8, 4) is 5.75 Å². The van der Waals surface area contributed by atoms with Crippen molar-refractivity contribution in [2.75, 3.05) is 31.1 Å². The zero-order chi connectivity index (χ0) is 81.8. The van der Waals surface area contributed by atoms with E-state index in [1.165, 1.54) is 24.7 Å². The van der Waals surface area contributed by atoms with E-state index < -0.39 is 156 Å². The van der Waals surface area contributed by atoms with Gasteiger partial charge in [0.15, 0.2) is 11.9 Å². The average Bonchev–Trinajstić information content (AvgIpc) is 1.65. The number of unbranched alkanes of at least 4 members (excludes halogenated alkanes) is 1. The molecular weight excluding hydrogens is 1480 g/mol. The number of fused-ring (bicyclic) bond motifs is 1. The van der Waals surface area contributed by atoms with E-state index in [-0.39, 0.29) is 106 Å². The van der Waals surface area contributed by atoms with Crippen LogP contribution in [0.25, 0.3) is 10.9 Å². The lowest BCUT2D eigenvalue weighted by molar-refractivity contribution is -0.136.